The van der Waals surface area contributed by atoms with Crippen molar-refractivity contribution in [2.75, 3.05) is 0 Å². The van der Waals surface area contributed by atoms with Crippen LogP contribution >= 0.6 is 0 Å². The fourth-order valence-electron chi connectivity index (χ4n) is 4.38. The number of para-hydroxylation sites is 1. The van der Waals surface area contributed by atoms with Gasteiger partial charge in [-0.2, -0.15) is 4.57 Å². The lowest BCUT2D eigenvalue weighted by Crippen LogP contribution is -2.42. The molecule has 4 rings (SSSR count). The van der Waals surface area contributed by atoms with E-state index in [0.717, 1.165) is 11.1 Å². The van der Waals surface area contributed by atoms with E-state index in [0.29, 0.717) is 11.4 Å². The topological polar surface area (TPSA) is 79.1 Å². The number of carbonyl (C=O) groups excluding carboxylic acids is 2. The Labute approximate surface area is 193 Å². The maximum absolute atomic E-state index is 13.7. The molecule has 1 N–H and O–H groups in total. The largest absolute Gasteiger partial charge is 0.327 e. The molecule has 0 bridgehead atoms. The Morgan fingerprint density at radius 1 is 0.879 bits per heavy atom. The fraction of sp³-hybridized carbons (Fsp3) is 0.308. The van der Waals surface area contributed by atoms with Gasteiger partial charge in [0.2, 0.25) is 0 Å². The van der Waals surface area contributed by atoms with Gasteiger partial charge in [0.25, 0.3) is 17.2 Å². The number of imide groups is 1. The monoisotopic (exact) mass is 445 g/mol. The summed E-state index contributed by atoms with van der Waals surface area (Å²) < 4.78 is 3.13. The van der Waals surface area contributed by atoms with E-state index < -0.39 is 11.8 Å². The van der Waals surface area contributed by atoms with Crippen LogP contribution in [0.5, 0.6) is 0 Å². The summed E-state index contributed by atoms with van der Waals surface area (Å²) in [6.45, 7) is 11.4. The first-order valence-electron chi connectivity index (χ1n) is 11.1. The molecule has 0 spiro atoms. The number of aryl methyl sites for hydroxylation is 2. The molecule has 7 nitrogen and oxygen atoms in total. The molecule has 2 aromatic heterocycles. The standard InChI is InChI=1S/C26H28N4O3/c1-15(2)22-20(25(32)30(27-22)19-10-8-7-9-11-19)21-23(26(33)29(16(3)4)24(21)31)28-13-17(5)12-18(6)14-28/h7-16H,1-6H3/p+1. The van der Waals surface area contributed by atoms with Crippen LogP contribution in [-0.4, -0.2) is 32.5 Å². The van der Waals surface area contributed by atoms with Crippen LogP contribution in [0, 0.1) is 13.8 Å². The Morgan fingerprint density at radius 3 is 2.03 bits per heavy atom. The highest BCUT2D eigenvalue weighted by atomic mass is 16.2. The predicted octanol–water partition coefficient (Wildman–Crippen LogP) is 3.34. The molecule has 0 saturated heterocycles. The molecule has 0 radical (unpaired) electrons. The summed E-state index contributed by atoms with van der Waals surface area (Å²) in [5.74, 6) is -0.928. The summed E-state index contributed by atoms with van der Waals surface area (Å²) in [6.07, 6.45) is 3.63. The number of aromatic nitrogens is 3. The van der Waals surface area contributed by atoms with Crippen LogP contribution < -0.4 is 10.1 Å². The second-order valence-electron chi connectivity index (χ2n) is 9.13. The first kappa shape index (κ1) is 22.5. The summed E-state index contributed by atoms with van der Waals surface area (Å²) in [5, 5.41) is 3.20. The number of aromatic amines is 1. The van der Waals surface area contributed by atoms with Gasteiger partial charge in [-0.05, 0) is 51.8 Å². The number of benzene rings is 1. The predicted molar refractivity (Wildman–Crippen MR) is 127 cm³/mol. The van der Waals surface area contributed by atoms with Crippen molar-refractivity contribution in [3.63, 3.8) is 0 Å². The zero-order valence-electron chi connectivity index (χ0n) is 19.8. The van der Waals surface area contributed by atoms with Gasteiger partial charge in [-0.15, -0.1) is 0 Å². The van der Waals surface area contributed by atoms with Crippen molar-refractivity contribution in [2.45, 2.75) is 53.5 Å². The number of H-pyrrole nitrogens is 1. The van der Waals surface area contributed by atoms with Gasteiger partial charge in [0.1, 0.15) is 5.57 Å². The van der Waals surface area contributed by atoms with Crippen molar-refractivity contribution in [3.05, 3.63) is 81.5 Å². The lowest BCUT2D eigenvalue weighted by atomic mass is 9.98. The first-order valence-corrected chi connectivity index (χ1v) is 11.1. The van der Waals surface area contributed by atoms with Crippen molar-refractivity contribution >= 4 is 23.1 Å². The third-order valence-electron chi connectivity index (χ3n) is 5.77. The number of amides is 2. The van der Waals surface area contributed by atoms with E-state index in [4.69, 9.17) is 0 Å². The highest BCUT2D eigenvalue weighted by Crippen LogP contribution is 2.33. The highest BCUT2D eigenvalue weighted by molar-refractivity contribution is 6.44. The number of hydrogen-bond donors (Lipinski definition) is 1. The van der Waals surface area contributed by atoms with Crippen molar-refractivity contribution in [3.8, 4) is 5.69 Å². The van der Waals surface area contributed by atoms with Crippen molar-refractivity contribution in [2.24, 2.45) is 0 Å². The van der Waals surface area contributed by atoms with Crippen LogP contribution in [0.15, 0.2) is 53.6 Å². The van der Waals surface area contributed by atoms with Gasteiger partial charge in [-0.1, -0.05) is 32.0 Å². The van der Waals surface area contributed by atoms with E-state index in [-0.39, 0.29) is 34.4 Å². The average molecular weight is 446 g/mol. The molecular formula is C26H29N4O3+. The molecule has 1 aliphatic heterocycles. The minimum absolute atomic E-state index is 0.0772. The van der Waals surface area contributed by atoms with E-state index in [9.17, 15) is 14.4 Å². The molecule has 2 amide bonds. The lowest BCUT2D eigenvalue weighted by molar-refractivity contribution is -0.577. The van der Waals surface area contributed by atoms with E-state index in [2.05, 4.69) is 5.10 Å². The van der Waals surface area contributed by atoms with Gasteiger partial charge in [0, 0.05) is 22.9 Å². The van der Waals surface area contributed by atoms with Crippen LogP contribution in [0.3, 0.4) is 0 Å². The molecular weight excluding hydrogens is 416 g/mol. The second-order valence-corrected chi connectivity index (χ2v) is 9.13. The molecule has 0 aliphatic carbocycles. The fourth-order valence-corrected chi connectivity index (χ4v) is 4.38. The first-order chi connectivity index (χ1) is 15.6. The Kier molecular flexibility index (Phi) is 5.66. The summed E-state index contributed by atoms with van der Waals surface area (Å²) in [4.78, 5) is 42.2. The molecule has 3 heterocycles. The van der Waals surface area contributed by atoms with Gasteiger partial charge >= 0.3 is 5.91 Å². The quantitative estimate of drug-likeness (QED) is 0.483. The van der Waals surface area contributed by atoms with Gasteiger partial charge in [0.15, 0.2) is 12.4 Å². The van der Waals surface area contributed by atoms with E-state index in [1.807, 2.05) is 76.5 Å². The Bertz CT molecular complexity index is 1320. The number of nitrogens with one attached hydrogen (secondary N) is 1. The molecule has 33 heavy (non-hydrogen) atoms. The van der Waals surface area contributed by atoms with E-state index >= 15 is 0 Å². The van der Waals surface area contributed by atoms with Gasteiger partial charge < -0.3 is 0 Å². The lowest BCUT2D eigenvalue weighted by Gasteiger charge is -2.18. The SMILES string of the molecule is Cc1cc(C)c[n+](C2=C(c3c(C(C)C)[nH]n(-c4ccccc4)c3=O)C(=O)N(C(C)C)C2=O)c1. The molecule has 0 fully saturated rings. The Hall–Kier alpha value is -3.74. The number of carbonyl (C=O) groups is 2. The van der Waals surface area contributed by atoms with E-state index in [1.54, 1.807) is 18.4 Å². The molecule has 0 atom stereocenters. The average Bonchev–Trinajstić information content (AvgIpc) is 3.21. The molecule has 1 aromatic carbocycles. The second kappa shape index (κ2) is 8.31. The molecule has 170 valence electrons. The Balaban J connectivity index is 2.08. The summed E-state index contributed by atoms with van der Waals surface area (Å²) in [5.41, 5.74) is 3.42. The van der Waals surface area contributed by atoms with Crippen LogP contribution in [-0.2, 0) is 9.59 Å². The van der Waals surface area contributed by atoms with Gasteiger partial charge in [0.05, 0.1) is 11.3 Å². The van der Waals surface area contributed by atoms with Gasteiger partial charge in [-0.3, -0.25) is 24.4 Å². The van der Waals surface area contributed by atoms with Crippen LogP contribution in [0.25, 0.3) is 17.0 Å². The van der Waals surface area contributed by atoms with Crippen molar-refractivity contribution < 1.29 is 14.2 Å². The van der Waals surface area contributed by atoms with Crippen molar-refractivity contribution in [1.82, 2.24) is 14.7 Å². The zero-order valence-corrected chi connectivity index (χ0v) is 19.8. The summed E-state index contributed by atoms with van der Waals surface area (Å²) in [7, 11) is 0. The Morgan fingerprint density at radius 2 is 1.48 bits per heavy atom. The minimum Gasteiger partial charge on any atom is -0.294 e. The summed E-state index contributed by atoms with van der Waals surface area (Å²) >= 11 is 0. The normalized spacial score (nSPS) is 14.4. The van der Waals surface area contributed by atoms with Crippen molar-refractivity contribution in [1.29, 1.82) is 0 Å². The maximum atomic E-state index is 13.7. The molecule has 1 aliphatic rings. The van der Waals surface area contributed by atoms with Crippen LogP contribution in [0.2, 0.25) is 0 Å². The maximum Gasteiger partial charge on any atom is 0.327 e. The number of pyridine rings is 1. The van der Waals surface area contributed by atoms with Crippen LogP contribution in [0.1, 0.15) is 56.0 Å². The molecule has 3 aromatic rings. The van der Waals surface area contributed by atoms with Gasteiger partial charge in [-0.25, -0.2) is 4.68 Å². The third-order valence-corrected chi connectivity index (χ3v) is 5.77. The zero-order chi connectivity index (χ0) is 24.0. The molecule has 0 unspecified atom stereocenters. The number of hydrogen-bond acceptors (Lipinski definition) is 3. The number of rotatable bonds is 5. The molecule has 7 heteroatoms. The smallest absolute Gasteiger partial charge is 0.294 e. The third kappa shape index (κ3) is 3.73. The number of nitrogens with zero attached hydrogens (tertiary/aromatic N) is 3. The van der Waals surface area contributed by atoms with Crippen LogP contribution in [0.4, 0.5) is 0 Å². The minimum atomic E-state index is -0.449. The highest BCUT2D eigenvalue weighted by Gasteiger charge is 2.48. The molecule has 0 saturated carbocycles. The van der Waals surface area contributed by atoms with E-state index in [1.165, 1.54) is 9.58 Å². The summed E-state index contributed by atoms with van der Waals surface area (Å²) in [6, 6.07) is 10.9.